The van der Waals surface area contributed by atoms with Crippen LogP contribution in [-0.4, -0.2) is 39.4 Å². The maximum absolute atomic E-state index is 6.24. The van der Waals surface area contributed by atoms with Crippen LogP contribution in [0.1, 0.15) is 17.2 Å². The number of hydrogen-bond acceptors (Lipinski definition) is 5. The lowest BCUT2D eigenvalue weighted by atomic mass is 10.0. The fourth-order valence-electron chi connectivity index (χ4n) is 2.99. The number of nitrogens with one attached hydrogen (secondary N) is 1. The predicted octanol–water partition coefficient (Wildman–Crippen LogP) is 3.47. The third-order valence-electron chi connectivity index (χ3n) is 4.28. The molecule has 3 rings (SSSR count). The lowest BCUT2D eigenvalue weighted by molar-refractivity contribution is 0.174. The molecule has 2 aromatic rings. The van der Waals surface area contributed by atoms with Gasteiger partial charge in [0.05, 0.1) is 18.2 Å². The first-order valence-corrected chi connectivity index (χ1v) is 8.56. The van der Waals surface area contributed by atoms with E-state index in [4.69, 9.17) is 25.8 Å². The zero-order chi connectivity index (χ0) is 17.8. The van der Waals surface area contributed by atoms with Crippen LogP contribution in [0.3, 0.4) is 0 Å². The van der Waals surface area contributed by atoms with Crippen molar-refractivity contribution < 1.29 is 14.2 Å². The third kappa shape index (κ3) is 4.00. The number of likely N-dealkylation sites (N-methyl/N-ethyl adjacent to an activating group) is 1. The SMILES string of the molecule is COc1ccccc1[C@@H](CNCc1cc(Cl)c2c(c1)OCO2)N(C)C. The standard InChI is InChI=1S/C19H23ClN2O3/c1-22(2)16(14-6-4-5-7-17(14)23-3)11-21-10-13-8-15(20)19-18(9-13)24-12-25-19/h4-9,16,21H,10-12H2,1-3H3/t16-/m1/s1. The van der Waals surface area contributed by atoms with E-state index < -0.39 is 0 Å². The van der Waals surface area contributed by atoms with Crippen molar-refractivity contribution in [3.05, 3.63) is 52.5 Å². The molecule has 1 aliphatic heterocycles. The molecule has 0 saturated heterocycles. The van der Waals surface area contributed by atoms with Crippen LogP contribution in [0.15, 0.2) is 36.4 Å². The van der Waals surface area contributed by atoms with E-state index in [1.54, 1.807) is 7.11 Å². The molecule has 6 heteroatoms. The highest BCUT2D eigenvalue weighted by Gasteiger charge is 2.20. The highest BCUT2D eigenvalue weighted by molar-refractivity contribution is 6.32. The number of para-hydroxylation sites is 1. The van der Waals surface area contributed by atoms with Crippen LogP contribution < -0.4 is 19.5 Å². The Morgan fingerprint density at radius 1 is 1.24 bits per heavy atom. The summed E-state index contributed by atoms with van der Waals surface area (Å²) < 4.78 is 16.3. The van der Waals surface area contributed by atoms with Gasteiger partial charge in [0, 0.05) is 18.7 Å². The van der Waals surface area contributed by atoms with Gasteiger partial charge in [-0.2, -0.15) is 0 Å². The molecule has 1 atom stereocenters. The summed E-state index contributed by atoms with van der Waals surface area (Å²) in [5.41, 5.74) is 2.22. The van der Waals surface area contributed by atoms with Gasteiger partial charge >= 0.3 is 0 Å². The summed E-state index contributed by atoms with van der Waals surface area (Å²) in [4.78, 5) is 2.18. The van der Waals surface area contributed by atoms with Crippen LogP contribution in [0.25, 0.3) is 0 Å². The molecule has 0 fully saturated rings. The topological polar surface area (TPSA) is 43.0 Å². The zero-order valence-corrected chi connectivity index (χ0v) is 15.5. The van der Waals surface area contributed by atoms with E-state index in [-0.39, 0.29) is 12.8 Å². The fourth-order valence-corrected chi connectivity index (χ4v) is 3.28. The summed E-state index contributed by atoms with van der Waals surface area (Å²) in [5, 5.41) is 4.08. The Morgan fingerprint density at radius 2 is 2.04 bits per heavy atom. The Bertz CT molecular complexity index is 737. The number of fused-ring (bicyclic) bond motifs is 1. The molecule has 0 spiro atoms. The lowest BCUT2D eigenvalue weighted by Crippen LogP contribution is -2.31. The summed E-state index contributed by atoms with van der Waals surface area (Å²) >= 11 is 6.24. The molecule has 0 unspecified atom stereocenters. The molecule has 0 bridgehead atoms. The first-order valence-electron chi connectivity index (χ1n) is 8.18. The minimum atomic E-state index is 0.195. The highest BCUT2D eigenvalue weighted by atomic mass is 35.5. The van der Waals surface area contributed by atoms with Gasteiger partial charge in [0.15, 0.2) is 11.5 Å². The molecule has 25 heavy (non-hydrogen) atoms. The number of benzene rings is 2. The molecule has 1 heterocycles. The van der Waals surface area contributed by atoms with Crippen LogP contribution in [-0.2, 0) is 6.54 Å². The van der Waals surface area contributed by atoms with Crippen LogP contribution >= 0.6 is 11.6 Å². The van der Waals surface area contributed by atoms with E-state index >= 15 is 0 Å². The average Bonchev–Trinajstić information content (AvgIpc) is 3.07. The number of nitrogens with zero attached hydrogens (tertiary/aromatic N) is 1. The van der Waals surface area contributed by atoms with Gasteiger partial charge in [0.1, 0.15) is 5.75 Å². The van der Waals surface area contributed by atoms with E-state index in [0.29, 0.717) is 23.1 Å². The summed E-state index contributed by atoms with van der Waals surface area (Å²) in [5.74, 6) is 2.23. The Kier molecular flexibility index (Phi) is 5.68. The molecule has 0 aromatic heterocycles. The highest BCUT2D eigenvalue weighted by Crippen LogP contribution is 2.39. The molecule has 1 N–H and O–H groups in total. The second kappa shape index (κ2) is 7.95. The maximum atomic E-state index is 6.24. The van der Waals surface area contributed by atoms with Gasteiger partial charge < -0.3 is 24.4 Å². The molecule has 134 valence electrons. The second-order valence-corrected chi connectivity index (χ2v) is 6.57. The van der Waals surface area contributed by atoms with Crippen LogP contribution in [0.4, 0.5) is 0 Å². The first kappa shape index (κ1) is 17.9. The normalized spacial score (nSPS) is 14.0. The predicted molar refractivity (Wildman–Crippen MR) is 98.7 cm³/mol. The van der Waals surface area contributed by atoms with Crippen molar-refractivity contribution in [2.24, 2.45) is 0 Å². The van der Waals surface area contributed by atoms with E-state index in [1.165, 1.54) is 0 Å². The van der Waals surface area contributed by atoms with Crippen molar-refractivity contribution in [3.8, 4) is 17.2 Å². The van der Waals surface area contributed by atoms with E-state index in [9.17, 15) is 0 Å². The van der Waals surface area contributed by atoms with Crippen LogP contribution in [0.5, 0.6) is 17.2 Å². The van der Waals surface area contributed by atoms with Gasteiger partial charge in [0.2, 0.25) is 6.79 Å². The number of ether oxygens (including phenoxy) is 3. The molecule has 2 aromatic carbocycles. The monoisotopic (exact) mass is 362 g/mol. The summed E-state index contributed by atoms with van der Waals surface area (Å²) in [6.45, 7) is 1.69. The van der Waals surface area contributed by atoms with E-state index in [0.717, 1.165) is 23.4 Å². The summed E-state index contributed by atoms with van der Waals surface area (Å²) in [6.07, 6.45) is 0. The van der Waals surface area contributed by atoms with Crippen molar-refractivity contribution in [1.82, 2.24) is 10.2 Å². The van der Waals surface area contributed by atoms with Gasteiger partial charge in [-0.15, -0.1) is 0 Å². The number of hydrogen-bond donors (Lipinski definition) is 1. The van der Waals surface area contributed by atoms with Crippen molar-refractivity contribution >= 4 is 11.6 Å². The van der Waals surface area contributed by atoms with Crippen molar-refractivity contribution in [2.45, 2.75) is 12.6 Å². The van der Waals surface area contributed by atoms with Crippen molar-refractivity contribution in [3.63, 3.8) is 0 Å². The Morgan fingerprint density at radius 3 is 2.80 bits per heavy atom. The quantitative estimate of drug-likeness (QED) is 0.817. The largest absolute Gasteiger partial charge is 0.496 e. The smallest absolute Gasteiger partial charge is 0.231 e. The number of rotatable bonds is 7. The van der Waals surface area contributed by atoms with Crippen molar-refractivity contribution in [2.75, 3.05) is 34.5 Å². The van der Waals surface area contributed by atoms with Crippen LogP contribution in [0, 0.1) is 0 Å². The molecule has 0 amide bonds. The Labute approximate surface area is 153 Å². The molecular formula is C19H23ClN2O3. The van der Waals surface area contributed by atoms with Gasteiger partial charge in [-0.05, 0) is 37.9 Å². The summed E-state index contributed by atoms with van der Waals surface area (Å²) in [7, 11) is 5.83. The maximum Gasteiger partial charge on any atom is 0.231 e. The molecule has 5 nitrogen and oxygen atoms in total. The lowest BCUT2D eigenvalue weighted by Gasteiger charge is -2.26. The molecule has 1 aliphatic rings. The van der Waals surface area contributed by atoms with Gasteiger partial charge in [-0.1, -0.05) is 29.8 Å². The van der Waals surface area contributed by atoms with Crippen molar-refractivity contribution in [1.29, 1.82) is 0 Å². The Hall–Kier alpha value is -1.95. The first-order chi connectivity index (χ1) is 12.1. The molecule has 0 radical (unpaired) electrons. The second-order valence-electron chi connectivity index (χ2n) is 6.16. The van der Waals surface area contributed by atoms with Gasteiger partial charge in [-0.3, -0.25) is 0 Å². The minimum Gasteiger partial charge on any atom is -0.496 e. The minimum absolute atomic E-state index is 0.195. The molecule has 0 saturated carbocycles. The van der Waals surface area contributed by atoms with Gasteiger partial charge in [-0.25, -0.2) is 0 Å². The molecule has 0 aliphatic carbocycles. The Balaban J connectivity index is 1.68. The zero-order valence-electron chi connectivity index (χ0n) is 14.7. The average molecular weight is 363 g/mol. The fraction of sp³-hybridized carbons (Fsp3) is 0.368. The van der Waals surface area contributed by atoms with E-state index in [2.05, 4.69) is 30.4 Å². The number of methoxy groups -OCH3 is 1. The summed E-state index contributed by atoms with van der Waals surface area (Å²) in [6, 6.07) is 12.2. The van der Waals surface area contributed by atoms with Gasteiger partial charge in [0.25, 0.3) is 0 Å². The third-order valence-corrected chi connectivity index (χ3v) is 4.56. The van der Waals surface area contributed by atoms with E-state index in [1.807, 2.05) is 30.3 Å². The number of halogens is 1. The molecular weight excluding hydrogens is 340 g/mol. The van der Waals surface area contributed by atoms with Crippen LogP contribution in [0.2, 0.25) is 5.02 Å².